The fraction of sp³-hybridized carbons (Fsp3) is 0.263. The van der Waals surface area contributed by atoms with E-state index in [9.17, 15) is 14.0 Å². The minimum atomic E-state index is -0.317. The third-order valence-corrected chi connectivity index (χ3v) is 3.78. The Morgan fingerprint density at radius 2 is 1.58 bits per heavy atom. The number of rotatable bonds is 7. The molecule has 26 heavy (non-hydrogen) atoms. The lowest BCUT2D eigenvalue weighted by Gasteiger charge is -2.09. The number of amides is 3. The second-order valence-corrected chi connectivity index (χ2v) is 6.08. The Morgan fingerprint density at radius 1 is 0.962 bits per heavy atom. The lowest BCUT2D eigenvalue weighted by Crippen LogP contribution is -2.42. The van der Waals surface area contributed by atoms with E-state index in [1.807, 2.05) is 12.1 Å². The molecule has 3 rings (SSSR count). The summed E-state index contributed by atoms with van der Waals surface area (Å²) in [5.74, 6) is 0.582. The largest absolute Gasteiger partial charge is 0.457 e. The van der Waals surface area contributed by atoms with Crippen molar-refractivity contribution in [1.82, 2.24) is 16.0 Å². The van der Waals surface area contributed by atoms with Crippen LogP contribution < -0.4 is 20.7 Å². The Bertz CT molecular complexity index is 759. The van der Waals surface area contributed by atoms with Crippen LogP contribution in [0, 0.1) is 5.82 Å². The molecule has 0 bridgehead atoms. The highest BCUT2D eigenvalue weighted by molar-refractivity contribution is 5.84. The number of carbonyl (C=O) groups is 2. The Labute approximate surface area is 150 Å². The molecule has 3 N–H and O–H groups in total. The molecule has 1 saturated carbocycles. The second kappa shape index (κ2) is 8.33. The molecule has 2 aromatic rings. The van der Waals surface area contributed by atoms with Gasteiger partial charge in [-0.25, -0.2) is 9.18 Å². The maximum atomic E-state index is 12.9. The molecule has 7 heteroatoms. The van der Waals surface area contributed by atoms with Gasteiger partial charge >= 0.3 is 6.03 Å². The minimum absolute atomic E-state index is 0.0652. The van der Waals surface area contributed by atoms with E-state index < -0.39 is 0 Å². The van der Waals surface area contributed by atoms with Gasteiger partial charge in [-0.05, 0) is 54.8 Å². The number of hydrogen-bond acceptors (Lipinski definition) is 3. The zero-order chi connectivity index (χ0) is 18.4. The Balaban J connectivity index is 1.39. The average Bonchev–Trinajstić information content (AvgIpc) is 3.45. The molecule has 0 heterocycles. The molecule has 1 aliphatic rings. The topological polar surface area (TPSA) is 79.5 Å². The first kappa shape index (κ1) is 17.7. The molecule has 0 spiro atoms. The molecular weight excluding hydrogens is 337 g/mol. The van der Waals surface area contributed by atoms with Crippen molar-refractivity contribution in [3.05, 3.63) is 59.9 Å². The SMILES string of the molecule is O=C(CNC(=O)NC1CC1)NCc1ccc(Oc2ccc(F)cc2)cc1. The first-order valence-electron chi connectivity index (χ1n) is 8.42. The van der Waals surface area contributed by atoms with Gasteiger partial charge < -0.3 is 20.7 Å². The molecule has 2 aromatic carbocycles. The van der Waals surface area contributed by atoms with E-state index in [1.165, 1.54) is 12.1 Å². The fourth-order valence-electron chi connectivity index (χ4n) is 2.20. The number of nitrogens with one attached hydrogen (secondary N) is 3. The van der Waals surface area contributed by atoms with Crippen molar-refractivity contribution in [2.75, 3.05) is 6.54 Å². The van der Waals surface area contributed by atoms with Crippen LogP contribution in [0.1, 0.15) is 18.4 Å². The third-order valence-electron chi connectivity index (χ3n) is 3.78. The zero-order valence-corrected chi connectivity index (χ0v) is 14.1. The molecule has 1 fully saturated rings. The Hall–Kier alpha value is -3.09. The van der Waals surface area contributed by atoms with Crippen LogP contribution >= 0.6 is 0 Å². The molecule has 0 aromatic heterocycles. The van der Waals surface area contributed by atoms with E-state index in [4.69, 9.17) is 4.74 Å². The van der Waals surface area contributed by atoms with E-state index in [0.29, 0.717) is 18.0 Å². The first-order chi connectivity index (χ1) is 12.6. The molecule has 0 unspecified atom stereocenters. The summed E-state index contributed by atoms with van der Waals surface area (Å²) in [6.45, 7) is 0.284. The predicted molar refractivity (Wildman–Crippen MR) is 94.3 cm³/mol. The normalized spacial score (nSPS) is 13.0. The standard InChI is InChI=1S/C19H20FN3O3/c20-14-3-9-17(10-4-14)26-16-7-1-13(2-8-16)11-21-18(24)12-22-19(25)23-15-5-6-15/h1-4,7-10,15H,5-6,11-12H2,(H,21,24)(H2,22,23,25). The predicted octanol–water partition coefficient (Wildman–Crippen LogP) is 2.70. The Kier molecular flexibility index (Phi) is 5.68. The molecule has 136 valence electrons. The molecule has 6 nitrogen and oxygen atoms in total. The number of ether oxygens (including phenoxy) is 1. The number of benzene rings is 2. The zero-order valence-electron chi connectivity index (χ0n) is 14.1. The highest BCUT2D eigenvalue weighted by Gasteiger charge is 2.23. The summed E-state index contributed by atoms with van der Waals surface area (Å²) in [5.41, 5.74) is 0.896. The molecule has 0 saturated heterocycles. The summed E-state index contributed by atoms with van der Waals surface area (Å²) in [6, 6.07) is 12.9. The van der Waals surface area contributed by atoms with Crippen LogP contribution in [-0.4, -0.2) is 24.5 Å². The van der Waals surface area contributed by atoms with E-state index in [-0.39, 0.29) is 30.3 Å². The van der Waals surface area contributed by atoms with Crippen LogP contribution in [0.3, 0.4) is 0 Å². The van der Waals surface area contributed by atoms with Gasteiger partial charge in [0.25, 0.3) is 0 Å². The van der Waals surface area contributed by atoms with Crippen molar-refractivity contribution in [3.8, 4) is 11.5 Å². The van der Waals surface area contributed by atoms with Crippen LogP contribution in [0.25, 0.3) is 0 Å². The van der Waals surface area contributed by atoms with Crippen LogP contribution in [0.5, 0.6) is 11.5 Å². The number of hydrogen-bond donors (Lipinski definition) is 3. The average molecular weight is 357 g/mol. The summed E-state index contributed by atoms with van der Waals surface area (Å²) in [5, 5.41) is 8.00. The lowest BCUT2D eigenvalue weighted by atomic mass is 10.2. The van der Waals surface area contributed by atoms with Crippen molar-refractivity contribution >= 4 is 11.9 Å². The highest BCUT2D eigenvalue weighted by atomic mass is 19.1. The van der Waals surface area contributed by atoms with Gasteiger partial charge in [-0.1, -0.05) is 12.1 Å². The summed E-state index contributed by atoms with van der Waals surface area (Å²) in [7, 11) is 0. The van der Waals surface area contributed by atoms with Crippen molar-refractivity contribution in [3.63, 3.8) is 0 Å². The summed E-state index contributed by atoms with van der Waals surface area (Å²) in [4.78, 5) is 23.2. The molecule has 0 atom stereocenters. The summed E-state index contributed by atoms with van der Waals surface area (Å²) >= 11 is 0. The second-order valence-electron chi connectivity index (χ2n) is 6.08. The molecule has 0 radical (unpaired) electrons. The van der Waals surface area contributed by atoms with Gasteiger partial charge in [-0.15, -0.1) is 0 Å². The van der Waals surface area contributed by atoms with Crippen molar-refractivity contribution in [1.29, 1.82) is 0 Å². The van der Waals surface area contributed by atoms with Gasteiger partial charge in [0.15, 0.2) is 0 Å². The van der Waals surface area contributed by atoms with Gasteiger partial charge in [-0.3, -0.25) is 4.79 Å². The molecule has 1 aliphatic carbocycles. The highest BCUT2D eigenvalue weighted by Crippen LogP contribution is 2.21. The Morgan fingerprint density at radius 3 is 2.19 bits per heavy atom. The third kappa shape index (κ3) is 5.77. The maximum Gasteiger partial charge on any atom is 0.315 e. The van der Waals surface area contributed by atoms with Gasteiger partial charge in [0.1, 0.15) is 17.3 Å². The van der Waals surface area contributed by atoms with Crippen LogP contribution in [-0.2, 0) is 11.3 Å². The molecule has 3 amide bonds. The maximum absolute atomic E-state index is 12.9. The summed E-state index contributed by atoms with van der Waals surface area (Å²) < 4.78 is 18.5. The quantitative estimate of drug-likeness (QED) is 0.713. The van der Waals surface area contributed by atoms with Gasteiger partial charge in [0, 0.05) is 12.6 Å². The minimum Gasteiger partial charge on any atom is -0.457 e. The van der Waals surface area contributed by atoms with E-state index in [1.54, 1.807) is 24.3 Å². The number of halogens is 1. The van der Waals surface area contributed by atoms with Crippen molar-refractivity contribution in [2.24, 2.45) is 0 Å². The van der Waals surface area contributed by atoms with E-state index in [0.717, 1.165) is 18.4 Å². The first-order valence-corrected chi connectivity index (χ1v) is 8.42. The van der Waals surface area contributed by atoms with E-state index >= 15 is 0 Å². The van der Waals surface area contributed by atoms with Gasteiger partial charge in [0.2, 0.25) is 5.91 Å². The smallest absolute Gasteiger partial charge is 0.315 e. The monoisotopic (exact) mass is 357 g/mol. The lowest BCUT2D eigenvalue weighted by molar-refractivity contribution is -0.120. The van der Waals surface area contributed by atoms with Crippen molar-refractivity contribution in [2.45, 2.75) is 25.4 Å². The van der Waals surface area contributed by atoms with E-state index in [2.05, 4.69) is 16.0 Å². The molecule has 0 aliphatic heterocycles. The summed E-state index contributed by atoms with van der Waals surface area (Å²) in [6.07, 6.45) is 2.00. The van der Waals surface area contributed by atoms with Gasteiger partial charge in [-0.2, -0.15) is 0 Å². The van der Waals surface area contributed by atoms with Crippen LogP contribution in [0.15, 0.2) is 48.5 Å². The van der Waals surface area contributed by atoms with Gasteiger partial charge in [0.05, 0.1) is 6.54 Å². The number of carbonyl (C=O) groups excluding carboxylic acids is 2. The fourth-order valence-corrected chi connectivity index (χ4v) is 2.20. The van der Waals surface area contributed by atoms with Crippen LogP contribution in [0.2, 0.25) is 0 Å². The number of urea groups is 1. The van der Waals surface area contributed by atoms with Crippen molar-refractivity contribution < 1.29 is 18.7 Å². The van der Waals surface area contributed by atoms with Crippen LogP contribution in [0.4, 0.5) is 9.18 Å². The molecular formula is C19H20FN3O3.